The van der Waals surface area contributed by atoms with Crippen LogP contribution >= 0.6 is 34.7 Å². The van der Waals surface area contributed by atoms with Crippen LogP contribution < -0.4 is 15.0 Å². The van der Waals surface area contributed by atoms with E-state index in [1.165, 1.54) is 23.5 Å². The highest BCUT2D eigenvalue weighted by atomic mass is 35.5. The number of amides is 2. The highest BCUT2D eigenvalue weighted by Crippen LogP contribution is 2.38. The van der Waals surface area contributed by atoms with E-state index in [2.05, 4.69) is 14.9 Å². The van der Waals surface area contributed by atoms with Crippen molar-refractivity contribution < 1.29 is 14.3 Å². The molecular formula is C26H22Cl2N4O3S. The van der Waals surface area contributed by atoms with Crippen LogP contribution in [0.25, 0.3) is 0 Å². The number of para-hydroxylation sites is 1. The van der Waals surface area contributed by atoms with Gasteiger partial charge in [-0.3, -0.25) is 14.5 Å². The zero-order valence-electron chi connectivity index (χ0n) is 19.2. The first kappa shape index (κ1) is 25.6. The Bertz CT molecular complexity index is 1340. The van der Waals surface area contributed by atoms with E-state index in [0.717, 1.165) is 17.1 Å². The normalized spacial score (nSPS) is 11.5. The third kappa shape index (κ3) is 5.84. The second-order valence-corrected chi connectivity index (χ2v) is 9.19. The van der Waals surface area contributed by atoms with Gasteiger partial charge in [-0.2, -0.15) is 0 Å². The Hall–Kier alpha value is -3.46. The van der Waals surface area contributed by atoms with E-state index >= 15 is 0 Å². The number of nitrogens with zero attached hydrogens (tertiary/aromatic N) is 3. The molecule has 1 N–H and O–H groups in total. The lowest BCUT2D eigenvalue weighted by Gasteiger charge is -2.32. The molecule has 3 aromatic carbocycles. The number of methoxy groups -OCH3 is 1. The van der Waals surface area contributed by atoms with Gasteiger partial charge in [-0.25, -0.2) is 0 Å². The highest BCUT2D eigenvalue weighted by molar-refractivity contribution is 7.03. The van der Waals surface area contributed by atoms with E-state index < -0.39 is 17.9 Å². The molecule has 0 saturated carbocycles. The lowest BCUT2D eigenvalue weighted by molar-refractivity contribution is -0.122. The second-order valence-electron chi connectivity index (χ2n) is 7.73. The van der Waals surface area contributed by atoms with E-state index in [4.69, 9.17) is 27.9 Å². The molecular weight excluding hydrogens is 519 g/mol. The second kappa shape index (κ2) is 12.0. The van der Waals surface area contributed by atoms with Crippen molar-refractivity contribution in [2.24, 2.45) is 0 Å². The first-order chi connectivity index (χ1) is 17.5. The Morgan fingerprint density at radius 3 is 2.50 bits per heavy atom. The van der Waals surface area contributed by atoms with Crippen LogP contribution in [-0.2, 0) is 11.2 Å². The zero-order chi connectivity index (χ0) is 25.5. The summed E-state index contributed by atoms with van der Waals surface area (Å²) in [6, 6.07) is 20.4. The van der Waals surface area contributed by atoms with E-state index in [9.17, 15) is 9.59 Å². The molecule has 4 rings (SSSR count). The molecule has 1 heterocycles. The minimum atomic E-state index is -1.12. The van der Waals surface area contributed by atoms with Gasteiger partial charge in [0, 0.05) is 22.5 Å². The molecule has 0 aliphatic heterocycles. The molecule has 0 spiro atoms. The van der Waals surface area contributed by atoms with Crippen molar-refractivity contribution in [3.8, 4) is 5.75 Å². The van der Waals surface area contributed by atoms with Crippen LogP contribution in [0.15, 0.2) is 78.2 Å². The fourth-order valence-corrected chi connectivity index (χ4v) is 4.71. The number of hydrogen-bond acceptors (Lipinski definition) is 6. The van der Waals surface area contributed by atoms with Gasteiger partial charge in [-0.15, -0.1) is 5.10 Å². The topological polar surface area (TPSA) is 84.4 Å². The summed E-state index contributed by atoms with van der Waals surface area (Å²) < 4.78 is 9.37. The maximum atomic E-state index is 13.8. The molecule has 4 aromatic rings. The van der Waals surface area contributed by atoms with Crippen LogP contribution in [0.4, 0.5) is 5.69 Å². The molecule has 0 aliphatic rings. The molecule has 0 aliphatic carbocycles. The molecule has 1 atom stereocenters. The van der Waals surface area contributed by atoms with Crippen molar-refractivity contribution in [2.75, 3.05) is 18.6 Å². The number of hydrogen-bond donors (Lipinski definition) is 1. The number of aromatic nitrogens is 2. The minimum absolute atomic E-state index is 0.0861. The van der Waals surface area contributed by atoms with Gasteiger partial charge in [0.25, 0.3) is 5.91 Å². The predicted octanol–water partition coefficient (Wildman–Crippen LogP) is 5.60. The molecule has 10 heteroatoms. The molecule has 1 aromatic heterocycles. The van der Waals surface area contributed by atoms with Gasteiger partial charge >= 0.3 is 0 Å². The fourth-order valence-electron chi connectivity index (χ4n) is 3.78. The summed E-state index contributed by atoms with van der Waals surface area (Å²) in [5.74, 6) is -0.500. The molecule has 0 bridgehead atoms. The Labute approximate surface area is 222 Å². The van der Waals surface area contributed by atoms with Crippen molar-refractivity contribution in [1.29, 1.82) is 0 Å². The summed E-state index contributed by atoms with van der Waals surface area (Å²) in [7, 11) is 1.51. The third-order valence-electron chi connectivity index (χ3n) is 5.46. The Kier molecular flexibility index (Phi) is 8.53. The summed E-state index contributed by atoms with van der Waals surface area (Å²) in [4.78, 5) is 28.9. The maximum Gasteiger partial charge on any atom is 0.280 e. The molecule has 0 saturated heterocycles. The molecule has 36 heavy (non-hydrogen) atoms. The fraction of sp³-hybridized carbons (Fsp3) is 0.154. The van der Waals surface area contributed by atoms with Crippen LogP contribution in [0.2, 0.25) is 10.0 Å². The number of halogens is 2. The monoisotopic (exact) mass is 540 g/mol. The minimum Gasteiger partial charge on any atom is -0.496 e. The van der Waals surface area contributed by atoms with Crippen molar-refractivity contribution in [2.45, 2.75) is 12.5 Å². The summed E-state index contributed by atoms with van der Waals surface area (Å²) >= 11 is 13.7. The maximum absolute atomic E-state index is 13.8. The zero-order valence-corrected chi connectivity index (χ0v) is 21.6. The molecule has 2 amide bonds. The summed E-state index contributed by atoms with van der Waals surface area (Å²) in [5, 5.41) is 9.03. The Morgan fingerprint density at radius 2 is 1.81 bits per heavy atom. The summed E-state index contributed by atoms with van der Waals surface area (Å²) in [5.41, 5.74) is 1.95. The van der Waals surface area contributed by atoms with E-state index in [1.807, 2.05) is 30.3 Å². The number of carbonyl (C=O) groups is 2. The third-order valence-corrected chi connectivity index (χ3v) is 6.51. The number of benzene rings is 3. The van der Waals surface area contributed by atoms with Gasteiger partial charge in [0.05, 0.1) is 17.8 Å². The van der Waals surface area contributed by atoms with Crippen molar-refractivity contribution in [3.05, 3.63) is 105 Å². The lowest BCUT2D eigenvalue weighted by Crippen LogP contribution is -2.45. The number of ether oxygens (including phenoxy) is 1. The molecule has 184 valence electrons. The number of rotatable bonds is 9. The lowest BCUT2D eigenvalue weighted by atomic mass is 10.0. The van der Waals surface area contributed by atoms with Gasteiger partial charge in [0.2, 0.25) is 5.91 Å². The van der Waals surface area contributed by atoms with E-state index in [0.29, 0.717) is 35.0 Å². The average molecular weight is 541 g/mol. The van der Waals surface area contributed by atoms with Gasteiger partial charge in [-0.1, -0.05) is 76.2 Å². The van der Waals surface area contributed by atoms with Crippen LogP contribution in [0.3, 0.4) is 0 Å². The number of nitrogens with one attached hydrogen (secondary N) is 1. The number of anilines is 1. The van der Waals surface area contributed by atoms with Crippen molar-refractivity contribution in [1.82, 2.24) is 14.9 Å². The molecule has 0 fully saturated rings. The Balaban J connectivity index is 1.78. The Morgan fingerprint density at radius 1 is 1.06 bits per heavy atom. The SMILES string of the molecule is COc1ccccc1[C@@H](C(=O)NCCc1ccccc1)N(C(=O)c1csnn1)c1ccc(Cl)cc1Cl. The van der Waals surface area contributed by atoms with Crippen LogP contribution in [0, 0.1) is 0 Å². The predicted molar refractivity (Wildman–Crippen MR) is 142 cm³/mol. The summed E-state index contributed by atoms with van der Waals surface area (Å²) in [6.07, 6.45) is 0.622. The van der Waals surface area contributed by atoms with Crippen LogP contribution in [0.5, 0.6) is 5.75 Å². The molecule has 0 unspecified atom stereocenters. The van der Waals surface area contributed by atoms with Gasteiger partial charge in [0.1, 0.15) is 11.8 Å². The first-order valence-electron chi connectivity index (χ1n) is 11.0. The average Bonchev–Trinajstić information content (AvgIpc) is 3.43. The van der Waals surface area contributed by atoms with Crippen LogP contribution in [0.1, 0.15) is 27.7 Å². The van der Waals surface area contributed by atoms with Gasteiger partial charge in [0.15, 0.2) is 5.69 Å². The molecule has 7 nitrogen and oxygen atoms in total. The van der Waals surface area contributed by atoms with Crippen molar-refractivity contribution >= 4 is 52.2 Å². The molecule has 0 radical (unpaired) electrons. The largest absolute Gasteiger partial charge is 0.496 e. The van der Waals surface area contributed by atoms with Crippen molar-refractivity contribution in [3.63, 3.8) is 0 Å². The van der Waals surface area contributed by atoms with Gasteiger partial charge in [-0.05, 0) is 47.8 Å². The number of carbonyl (C=O) groups excluding carboxylic acids is 2. The van der Waals surface area contributed by atoms with E-state index in [1.54, 1.807) is 36.4 Å². The first-order valence-corrected chi connectivity index (χ1v) is 12.6. The van der Waals surface area contributed by atoms with Gasteiger partial charge < -0.3 is 10.1 Å². The highest BCUT2D eigenvalue weighted by Gasteiger charge is 2.37. The van der Waals surface area contributed by atoms with Crippen LogP contribution in [-0.4, -0.2) is 35.1 Å². The summed E-state index contributed by atoms with van der Waals surface area (Å²) in [6.45, 7) is 0.364. The quantitative estimate of drug-likeness (QED) is 0.298. The van der Waals surface area contributed by atoms with E-state index in [-0.39, 0.29) is 10.7 Å². The smallest absolute Gasteiger partial charge is 0.280 e. The standard InChI is InChI=1S/C26H22Cl2N4O3S/c1-35-23-10-6-5-9-19(23)24(25(33)29-14-13-17-7-3-2-4-8-17)32(26(34)21-16-36-31-30-21)22-12-11-18(27)15-20(22)28/h2-12,15-16,24H,13-14H2,1H3,(H,29,33)/t24-/m0/s1.